The number of hydrogen-bond acceptors (Lipinski definition) is 3. The van der Waals surface area contributed by atoms with Crippen molar-refractivity contribution in [2.75, 3.05) is 0 Å². The average molecular weight is 395 g/mol. The van der Waals surface area contributed by atoms with Crippen LogP contribution in [0.15, 0.2) is 65.1 Å². The number of rotatable bonds is 2. The van der Waals surface area contributed by atoms with Crippen molar-refractivity contribution in [2.24, 2.45) is 0 Å². The predicted octanol–water partition coefficient (Wildman–Crippen LogP) is 3.54. The van der Waals surface area contributed by atoms with Crippen LogP contribution in [-0.4, -0.2) is 22.7 Å². The highest BCUT2D eigenvalue weighted by Gasteiger charge is 2.34. The van der Waals surface area contributed by atoms with E-state index in [1.54, 1.807) is 48.5 Å². The Morgan fingerprint density at radius 3 is 2.08 bits per heavy atom. The topological polar surface area (TPSA) is 66.5 Å². The van der Waals surface area contributed by atoms with Crippen LogP contribution in [0.1, 0.15) is 31.1 Å². The minimum absolute atomic E-state index is 0.340. The van der Waals surface area contributed by atoms with Gasteiger partial charge in [-0.1, -0.05) is 46.3 Å². The van der Waals surface area contributed by atoms with Gasteiger partial charge in [-0.05, 0) is 35.7 Å². The Morgan fingerprint density at radius 1 is 0.880 bits per heavy atom. The molecule has 6 heteroatoms. The lowest BCUT2D eigenvalue weighted by atomic mass is 9.95. The van der Waals surface area contributed by atoms with Crippen LogP contribution in [0.25, 0.3) is 10.8 Å². The molecule has 3 amide bonds. The molecule has 3 aromatic carbocycles. The minimum Gasteiger partial charge on any atom is -0.267 e. The van der Waals surface area contributed by atoms with E-state index in [2.05, 4.69) is 21.4 Å². The number of nitrogens with one attached hydrogen (secondary N) is 1. The quantitative estimate of drug-likeness (QED) is 0.675. The summed E-state index contributed by atoms with van der Waals surface area (Å²) in [5.41, 5.74) is 3.54. The Hall–Kier alpha value is -2.99. The van der Waals surface area contributed by atoms with Crippen molar-refractivity contribution in [1.29, 1.82) is 0 Å². The number of halogens is 1. The number of carbonyl (C=O) groups is 3. The van der Waals surface area contributed by atoms with E-state index in [-0.39, 0.29) is 0 Å². The molecule has 1 heterocycles. The second-order valence-corrected chi connectivity index (χ2v) is 6.52. The lowest BCUT2D eigenvalue weighted by molar-refractivity contribution is 0.0479. The molecular formula is C19H11BrN2O3. The van der Waals surface area contributed by atoms with Crippen molar-refractivity contribution in [2.45, 2.75) is 0 Å². The molecule has 1 aliphatic heterocycles. The summed E-state index contributed by atoms with van der Waals surface area (Å²) in [4.78, 5) is 37.9. The molecule has 5 nitrogen and oxygen atoms in total. The number of imide groups is 1. The summed E-state index contributed by atoms with van der Waals surface area (Å²) >= 11 is 3.29. The van der Waals surface area contributed by atoms with Crippen LogP contribution in [0.4, 0.5) is 0 Å². The molecule has 0 spiro atoms. The van der Waals surface area contributed by atoms with E-state index in [1.165, 1.54) is 0 Å². The molecule has 3 aromatic rings. The van der Waals surface area contributed by atoms with Crippen LogP contribution in [0.2, 0.25) is 0 Å². The smallest absolute Gasteiger partial charge is 0.267 e. The lowest BCUT2D eigenvalue weighted by Gasteiger charge is -2.27. The van der Waals surface area contributed by atoms with Gasteiger partial charge in [0.25, 0.3) is 17.7 Å². The predicted molar refractivity (Wildman–Crippen MR) is 96.1 cm³/mol. The Kier molecular flexibility index (Phi) is 3.62. The molecule has 4 rings (SSSR count). The third kappa shape index (κ3) is 2.51. The van der Waals surface area contributed by atoms with Gasteiger partial charge in [0, 0.05) is 15.4 Å². The Balaban J connectivity index is 1.74. The summed E-state index contributed by atoms with van der Waals surface area (Å²) in [6, 6.07) is 17.2. The van der Waals surface area contributed by atoms with E-state index in [0.29, 0.717) is 22.1 Å². The Labute approximate surface area is 151 Å². The molecule has 0 radical (unpaired) electrons. The third-order valence-electron chi connectivity index (χ3n) is 4.07. The van der Waals surface area contributed by atoms with Crippen molar-refractivity contribution in [3.8, 4) is 0 Å². The summed E-state index contributed by atoms with van der Waals surface area (Å²) in [7, 11) is 0. The first kappa shape index (κ1) is 15.5. The molecule has 0 saturated heterocycles. The van der Waals surface area contributed by atoms with Gasteiger partial charge >= 0.3 is 0 Å². The standard InChI is InChI=1S/C19H11BrN2O3/c20-13-7-1-6-12(10-13)17(23)21-22-18(24)14-8-2-4-11-5-3-9-15(16(11)14)19(22)25/h1-10H,(H,21,23). The number of amides is 3. The highest BCUT2D eigenvalue weighted by atomic mass is 79.9. The largest absolute Gasteiger partial charge is 0.280 e. The normalized spacial score (nSPS) is 13.2. The number of hydrazine groups is 1. The fraction of sp³-hybridized carbons (Fsp3) is 0. The van der Waals surface area contributed by atoms with E-state index in [0.717, 1.165) is 14.9 Å². The van der Waals surface area contributed by atoms with E-state index in [4.69, 9.17) is 0 Å². The summed E-state index contributed by atoms with van der Waals surface area (Å²) in [6.45, 7) is 0. The van der Waals surface area contributed by atoms with Crippen molar-refractivity contribution < 1.29 is 14.4 Å². The SMILES string of the molecule is O=C(NN1C(=O)c2cccc3cccc(c23)C1=O)c1cccc(Br)c1. The molecule has 122 valence electrons. The zero-order valence-corrected chi connectivity index (χ0v) is 14.4. The number of nitrogens with zero attached hydrogens (tertiary/aromatic N) is 1. The van der Waals surface area contributed by atoms with Crippen molar-refractivity contribution >= 4 is 44.4 Å². The van der Waals surface area contributed by atoms with Crippen molar-refractivity contribution in [1.82, 2.24) is 10.4 Å². The van der Waals surface area contributed by atoms with Gasteiger partial charge in [0.05, 0.1) is 11.1 Å². The van der Waals surface area contributed by atoms with Crippen molar-refractivity contribution in [3.05, 3.63) is 81.8 Å². The highest BCUT2D eigenvalue weighted by molar-refractivity contribution is 9.10. The van der Waals surface area contributed by atoms with Gasteiger partial charge in [0.2, 0.25) is 0 Å². The van der Waals surface area contributed by atoms with E-state index >= 15 is 0 Å². The molecule has 1 aliphatic rings. The lowest BCUT2D eigenvalue weighted by Crippen LogP contribution is -2.51. The van der Waals surface area contributed by atoms with Crippen molar-refractivity contribution in [3.63, 3.8) is 0 Å². The highest BCUT2D eigenvalue weighted by Crippen LogP contribution is 2.29. The fourth-order valence-electron chi connectivity index (χ4n) is 2.93. The molecular weight excluding hydrogens is 384 g/mol. The maximum Gasteiger partial charge on any atom is 0.280 e. The molecule has 25 heavy (non-hydrogen) atoms. The minimum atomic E-state index is -0.544. The van der Waals surface area contributed by atoms with Crippen LogP contribution < -0.4 is 5.43 Å². The first-order chi connectivity index (χ1) is 12.1. The molecule has 0 atom stereocenters. The molecule has 0 unspecified atom stereocenters. The van der Waals surface area contributed by atoms with Gasteiger partial charge in [0.15, 0.2) is 0 Å². The van der Waals surface area contributed by atoms with Crippen LogP contribution >= 0.6 is 15.9 Å². The van der Waals surface area contributed by atoms with E-state index < -0.39 is 17.7 Å². The first-order valence-electron chi connectivity index (χ1n) is 7.53. The molecule has 0 saturated carbocycles. The third-order valence-corrected chi connectivity index (χ3v) is 4.57. The molecule has 0 aliphatic carbocycles. The molecule has 1 N–H and O–H groups in total. The van der Waals surface area contributed by atoms with E-state index in [1.807, 2.05) is 12.1 Å². The first-order valence-corrected chi connectivity index (χ1v) is 8.32. The summed E-state index contributed by atoms with van der Waals surface area (Å²) in [6.07, 6.45) is 0. The molecule has 0 bridgehead atoms. The van der Waals surface area contributed by atoms with Gasteiger partial charge in [-0.15, -0.1) is 0 Å². The van der Waals surface area contributed by atoms with Crippen LogP contribution in [0, 0.1) is 0 Å². The van der Waals surface area contributed by atoms with Crippen LogP contribution in [-0.2, 0) is 0 Å². The summed E-state index contributed by atoms with van der Waals surface area (Å²) in [5.74, 6) is -1.62. The second kappa shape index (κ2) is 5.82. The molecule has 0 fully saturated rings. The maximum absolute atomic E-state index is 12.7. The van der Waals surface area contributed by atoms with Gasteiger partial charge in [-0.2, -0.15) is 5.01 Å². The second-order valence-electron chi connectivity index (χ2n) is 5.61. The number of benzene rings is 3. The number of carbonyl (C=O) groups excluding carboxylic acids is 3. The van der Waals surface area contributed by atoms with Gasteiger partial charge in [-0.3, -0.25) is 19.8 Å². The summed E-state index contributed by atoms with van der Waals surface area (Å²) < 4.78 is 0.728. The fourth-order valence-corrected chi connectivity index (χ4v) is 3.33. The van der Waals surface area contributed by atoms with Gasteiger partial charge < -0.3 is 0 Å². The Morgan fingerprint density at radius 2 is 1.48 bits per heavy atom. The zero-order chi connectivity index (χ0) is 17.6. The number of hydrogen-bond donors (Lipinski definition) is 1. The zero-order valence-electron chi connectivity index (χ0n) is 12.8. The monoisotopic (exact) mass is 394 g/mol. The van der Waals surface area contributed by atoms with Crippen LogP contribution in [0.5, 0.6) is 0 Å². The maximum atomic E-state index is 12.7. The van der Waals surface area contributed by atoms with E-state index in [9.17, 15) is 14.4 Å². The molecule has 0 aromatic heterocycles. The van der Waals surface area contributed by atoms with Gasteiger partial charge in [-0.25, -0.2) is 0 Å². The van der Waals surface area contributed by atoms with Gasteiger partial charge in [0.1, 0.15) is 0 Å². The Bertz CT molecular complexity index is 1010. The van der Waals surface area contributed by atoms with Crippen LogP contribution in [0.3, 0.4) is 0 Å². The average Bonchev–Trinajstić information content (AvgIpc) is 2.63. The summed E-state index contributed by atoms with van der Waals surface area (Å²) in [5, 5.41) is 2.21.